The summed E-state index contributed by atoms with van der Waals surface area (Å²) in [5.41, 5.74) is 4.96. The number of nitrogens with zero attached hydrogens (tertiary/aromatic N) is 5. The monoisotopic (exact) mass is 326 g/mol. The number of aromatic amines is 1. The Kier molecular flexibility index (Phi) is 3.53. The largest absolute Gasteiger partial charge is 0.336 e. The van der Waals surface area contributed by atoms with Gasteiger partial charge in [-0.3, -0.25) is 9.89 Å². The maximum absolute atomic E-state index is 12.8. The van der Waals surface area contributed by atoms with E-state index in [9.17, 15) is 4.79 Å². The van der Waals surface area contributed by atoms with E-state index in [1.54, 1.807) is 11.9 Å². The summed E-state index contributed by atoms with van der Waals surface area (Å²) in [6.45, 7) is 2.20. The zero-order chi connectivity index (χ0) is 16.7. The van der Waals surface area contributed by atoms with E-state index in [1.165, 1.54) is 0 Å². The molecule has 1 aliphatic heterocycles. The Morgan fingerprint density at radius 1 is 1.38 bits per heavy atom. The van der Waals surface area contributed by atoms with Gasteiger partial charge in [-0.2, -0.15) is 5.10 Å². The van der Waals surface area contributed by atoms with Crippen molar-refractivity contribution in [2.24, 2.45) is 0 Å². The van der Waals surface area contributed by atoms with Crippen molar-refractivity contribution in [3.63, 3.8) is 0 Å². The first-order valence-corrected chi connectivity index (χ1v) is 7.83. The van der Waals surface area contributed by atoms with Gasteiger partial charge in [-0.1, -0.05) is 6.07 Å². The van der Waals surface area contributed by atoms with Crippen LogP contribution in [0.3, 0.4) is 0 Å². The van der Waals surface area contributed by atoms with Crippen LogP contribution in [0.4, 0.5) is 0 Å². The number of fused-ring (bicyclic) bond motifs is 2. The lowest BCUT2D eigenvalue weighted by Gasteiger charge is -2.23. The van der Waals surface area contributed by atoms with Crippen LogP contribution in [-0.2, 0) is 19.5 Å². The number of hydrogen-bond donors (Lipinski definition) is 1. The van der Waals surface area contributed by atoms with Gasteiger partial charge in [0.15, 0.2) is 5.69 Å². The van der Waals surface area contributed by atoms with E-state index in [0.717, 1.165) is 36.3 Å². The highest BCUT2D eigenvalue weighted by Gasteiger charge is 2.25. The highest BCUT2D eigenvalue weighted by atomic mass is 16.6. The number of aromatic nitrogens is 4. The second-order valence-electron chi connectivity index (χ2n) is 6.27. The number of nitrogens with one attached hydrogen (secondary N) is 1. The van der Waals surface area contributed by atoms with Crippen LogP contribution in [0.25, 0.3) is 11.0 Å². The van der Waals surface area contributed by atoms with Crippen molar-refractivity contribution in [3.8, 4) is 0 Å². The quantitative estimate of drug-likeness (QED) is 0.778. The van der Waals surface area contributed by atoms with Gasteiger partial charge >= 0.3 is 0 Å². The molecule has 124 valence electrons. The Morgan fingerprint density at radius 2 is 2.21 bits per heavy atom. The van der Waals surface area contributed by atoms with Crippen LogP contribution in [0.15, 0.2) is 22.8 Å². The zero-order valence-corrected chi connectivity index (χ0v) is 13.6. The summed E-state index contributed by atoms with van der Waals surface area (Å²) in [7, 11) is 3.83. The second-order valence-corrected chi connectivity index (χ2v) is 6.27. The van der Waals surface area contributed by atoms with Crippen LogP contribution in [0.2, 0.25) is 0 Å². The van der Waals surface area contributed by atoms with Gasteiger partial charge in [-0.15, -0.1) is 0 Å². The molecule has 8 nitrogen and oxygen atoms in total. The summed E-state index contributed by atoms with van der Waals surface area (Å²) in [4.78, 5) is 16.6. The van der Waals surface area contributed by atoms with Gasteiger partial charge in [0.25, 0.3) is 5.91 Å². The minimum absolute atomic E-state index is 0.0822. The van der Waals surface area contributed by atoms with E-state index in [4.69, 9.17) is 4.63 Å². The fraction of sp³-hybridized carbons (Fsp3) is 0.375. The minimum atomic E-state index is -0.0822. The molecule has 1 amide bonds. The average molecular weight is 326 g/mol. The first-order valence-electron chi connectivity index (χ1n) is 7.83. The summed E-state index contributed by atoms with van der Waals surface area (Å²) in [5, 5.41) is 14.9. The van der Waals surface area contributed by atoms with Crippen LogP contribution in [0, 0.1) is 0 Å². The molecule has 0 spiro atoms. The van der Waals surface area contributed by atoms with Crippen molar-refractivity contribution in [2.75, 3.05) is 20.6 Å². The molecule has 0 saturated heterocycles. The SMILES string of the molecule is CN1CCc2[nH]nc(C(=O)N(C)Cc3ccc4nonc4c3)c2C1. The molecule has 0 unspecified atom stereocenters. The Morgan fingerprint density at radius 3 is 3.08 bits per heavy atom. The molecule has 0 aliphatic carbocycles. The van der Waals surface area contributed by atoms with Gasteiger partial charge in [-0.25, -0.2) is 4.63 Å². The van der Waals surface area contributed by atoms with Gasteiger partial charge < -0.3 is 9.80 Å². The Bertz CT molecular complexity index is 899. The smallest absolute Gasteiger partial charge is 0.274 e. The van der Waals surface area contributed by atoms with Crippen LogP contribution in [0.1, 0.15) is 27.3 Å². The molecule has 4 rings (SSSR count). The topological polar surface area (TPSA) is 91.2 Å². The van der Waals surface area contributed by atoms with Crippen molar-refractivity contribution >= 4 is 16.9 Å². The lowest BCUT2D eigenvalue weighted by molar-refractivity contribution is 0.0777. The number of amides is 1. The van der Waals surface area contributed by atoms with Gasteiger partial charge in [0, 0.05) is 44.4 Å². The summed E-state index contributed by atoms with van der Waals surface area (Å²) in [5.74, 6) is -0.0822. The van der Waals surface area contributed by atoms with E-state index in [2.05, 4.69) is 32.5 Å². The predicted molar refractivity (Wildman–Crippen MR) is 86.2 cm³/mol. The zero-order valence-electron chi connectivity index (χ0n) is 13.6. The third kappa shape index (κ3) is 2.54. The third-order valence-electron chi connectivity index (χ3n) is 4.41. The van der Waals surface area contributed by atoms with Crippen molar-refractivity contribution < 1.29 is 9.42 Å². The first-order chi connectivity index (χ1) is 11.6. The fourth-order valence-electron chi connectivity index (χ4n) is 3.06. The lowest BCUT2D eigenvalue weighted by Crippen LogP contribution is -2.30. The number of benzene rings is 1. The second kappa shape index (κ2) is 5.72. The van der Waals surface area contributed by atoms with Crippen LogP contribution in [-0.4, -0.2) is 56.9 Å². The molecule has 1 aliphatic rings. The fourth-order valence-corrected chi connectivity index (χ4v) is 3.06. The molecule has 0 bridgehead atoms. The normalized spacial score (nSPS) is 14.8. The standard InChI is InChI=1S/C16H18N6O2/c1-21-6-5-12-11(9-21)15(18-17-12)16(23)22(2)8-10-3-4-13-14(7-10)20-24-19-13/h3-4,7H,5-6,8-9H2,1-2H3,(H,17,18). The van der Waals surface area contributed by atoms with E-state index in [1.807, 2.05) is 18.2 Å². The van der Waals surface area contributed by atoms with E-state index < -0.39 is 0 Å². The molecule has 0 saturated carbocycles. The van der Waals surface area contributed by atoms with Crippen LogP contribution >= 0.6 is 0 Å². The molecule has 1 aromatic carbocycles. The number of carbonyl (C=O) groups excluding carboxylic acids is 1. The molecule has 8 heteroatoms. The van der Waals surface area contributed by atoms with Crippen LogP contribution in [0.5, 0.6) is 0 Å². The summed E-state index contributed by atoms with van der Waals surface area (Å²) < 4.78 is 4.70. The predicted octanol–water partition coefficient (Wildman–Crippen LogP) is 1.21. The van der Waals surface area contributed by atoms with Gasteiger partial charge in [-0.05, 0) is 35.1 Å². The Labute approximate surface area is 138 Å². The maximum atomic E-state index is 12.8. The highest BCUT2D eigenvalue weighted by molar-refractivity contribution is 5.94. The van der Waals surface area contributed by atoms with Crippen molar-refractivity contribution in [1.82, 2.24) is 30.3 Å². The summed E-state index contributed by atoms with van der Waals surface area (Å²) in [6, 6.07) is 5.64. The van der Waals surface area contributed by atoms with Gasteiger partial charge in [0.1, 0.15) is 11.0 Å². The first kappa shape index (κ1) is 14.8. The van der Waals surface area contributed by atoms with Crippen molar-refractivity contribution in [3.05, 3.63) is 40.7 Å². The van der Waals surface area contributed by atoms with E-state index >= 15 is 0 Å². The van der Waals surface area contributed by atoms with Crippen molar-refractivity contribution in [2.45, 2.75) is 19.5 Å². The minimum Gasteiger partial charge on any atom is -0.336 e. The molecule has 3 aromatic rings. The van der Waals surface area contributed by atoms with Gasteiger partial charge in [0.2, 0.25) is 0 Å². The molecule has 0 fully saturated rings. The third-order valence-corrected chi connectivity index (χ3v) is 4.41. The Balaban J connectivity index is 1.55. The Hall–Kier alpha value is -2.74. The molecular weight excluding hydrogens is 308 g/mol. The molecule has 24 heavy (non-hydrogen) atoms. The number of carbonyl (C=O) groups is 1. The van der Waals surface area contributed by atoms with E-state index in [0.29, 0.717) is 23.3 Å². The number of hydrogen-bond acceptors (Lipinski definition) is 6. The van der Waals surface area contributed by atoms with Crippen LogP contribution < -0.4 is 0 Å². The summed E-state index contributed by atoms with van der Waals surface area (Å²) >= 11 is 0. The van der Waals surface area contributed by atoms with E-state index in [-0.39, 0.29) is 5.91 Å². The molecule has 0 radical (unpaired) electrons. The number of likely N-dealkylation sites (N-methyl/N-ethyl adjacent to an activating group) is 1. The number of H-pyrrole nitrogens is 1. The molecular formula is C16H18N6O2. The lowest BCUT2D eigenvalue weighted by atomic mass is 10.1. The van der Waals surface area contributed by atoms with Crippen molar-refractivity contribution in [1.29, 1.82) is 0 Å². The average Bonchev–Trinajstić information content (AvgIpc) is 3.19. The molecule has 3 heterocycles. The molecule has 0 atom stereocenters. The molecule has 1 N–H and O–H groups in total. The van der Waals surface area contributed by atoms with Gasteiger partial charge in [0.05, 0.1) is 0 Å². The highest BCUT2D eigenvalue weighted by Crippen LogP contribution is 2.21. The molecule has 2 aromatic heterocycles. The number of rotatable bonds is 3. The maximum Gasteiger partial charge on any atom is 0.274 e. The summed E-state index contributed by atoms with van der Waals surface area (Å²) in [6.07, 6.45) is 0.894.